The molecule has 0 N–H and O–H groups in total. The first-order chi connectivity index (χ1) is 13.3. The minimum Gasteiger partial charge on any atom is -0.496 e. The van der Waals surface area contributed by atoms with Gasteiger partial charge in [-0.3, -0.25) is 9.59 Å². The van der Waals surface area contributed by atoms with E-state index < -0.39 is 5.60 Å². The fourth-order valence-corrected chi connectivity index (χ4v) is 4.09. The molecule has 1 saturated carbocycles. The maximum atomic E-state index is 13.2. The summed E-state index contributed by atoms with van der Waals surface area (Å²) in [6, 6.07) is 7.37. The lowest BCUT2D eigenvalue weighted by Gasteiger charge is -2.19. The van der Waals surface area contributed by atoms with Crippen LogP contribution in [0.2, 0.25) is 0 Å². The van der Waals surface area contributed by atoms with Crippen LogP contribution < -0.4 is 4.74 Å². The summed E-state index contributed by atoms with van der Waals surface area (Å²) in [7, 11) is 1.59. The van der Waals surface area contributed by atoms with E-state index in [1.165, 1.54) is 25.7 Å². The number of carbonyl (C=O) groups is 2. The molecule has 3 atom stereocenters. The lowest BCUT2D eigenvalue weighted by atomic mass is 10.0. The third-order valence-electron chi connectivity index (χ3n) is 5.47. The van der Waals surface area contributed by atoms with Crippen LogP contribution in [0.5, 0.6) is 5.75 Å². The molecule has 156 valence electrons. The summed E-state index contributed by atoms with van der Waals surface area (Å²) in [6.45, 7) is 7.83. The highest BCUT2D eigenvalue weighted by Crippen LogP contribution is 2.54. The van der Waals surface area contributed by atoms with Gasteiger partial charge in [0, 0.05) is 12.3 Å². The number of Topliss-reactive ketones (excluding diaryl/α,β-unsaturated/α-hetero) is 1. The van der Waals surface area contributed by atoms with Gasteiger partial charge in [-0.05, 0) is 51.2 Å². The number of rotatable bonds is 11. The van der Waals surface area contributed by atoms with Crippen molar-refractivity contribution in [2.24, 2.45) is 17.8 Å². The van der Waals surface area contributed by atoms with Crippen LogP contribution in [0.4, 0.5) is 0 Å². The smallest absolute Gasteiger partial charge is 0.306 e. The Morgan fingerprint density at radius 3 is 2.32 bits per heavy atom. The normalized spacial score (nSPS) is 21.2. The number of benzene rings is 1. The summed E-state index contributed by atoms with van der Waals surface area (Å²) in [6.07, 6.45) is 7.36. The molecule has 4 nitrogen and oxygen atoms in total. The number of hydrogen-bond acceptors (Lipinski definition) is 4. The van der Waals surface area contributed by atoms with Crippen molar-refractivity contribution in [2.45, 2.75) is 78.2 Å². The predicted molar refractivity (Wildman–Crippen MR) is 112 cm³/mol. The third kappa shape index (κ3) is 6.35. The van der Waals surface area contributed by atoms with Crippen LogP contribution in [0.3, 0.4) is 0 Å². The van der Waals surface area contributed by atoms with E-state index in [0.29, 0.717) is 17.7 Å². The second-order valence-corrected chi connectivity index (χ2v) is 8.91. The van der Waals surface area contributed by atoms with Crippen LogP contribution in [-0.2, 0) is 9.53 Å². The Bertz CT molecular complexity index is 659. The minimum atomic E-state index is -0.496. The Morgan fingerprint density at radius 2 is 1.68 bits per heavy atom. The Labute approximate surface area is 170 Å². The highest BCUT2D eigenvalue weighted by atomic mass is 16.6. The molecule has 0 saturated heterocycles. The second-order valence-electron chi connectivity index (χ2n) is 8.91. The molecule has 0 bridgehead atoms. The summed E-state index contributed by atoms with van der Waals surface area (Å²) >= 11 is 0. The lowest BCUT2D eigenvalue weighted by molar-refractivity contribution is -0.155. The second kappa shape index (κ2) is 10.1. The quantitative estimate of drug-likeness (QED) is 0.272. The molecule has 1 fully saturated rings. The van der Waals surface area contributed by atoms with Crippen molar-refractivity contribution >= 4 is 11.8 Å². The largest absolute Gasteiger partial charge is 0.496 e. The van der Waals surface area contributed by atoms with Gasteiger partial charge in [-0.25, -0.2) is 0 Å². The number of hydrogen-bond donors (Lipinski definition) is 0. The Balaban J connectivity index is 2.04. The maximum Gasteiger partial charge on any atom is 0.306 e. The van der Waals surface area contributed by atoms with E-state index in [0.717, 1.165) is 12.8 Å². The zero-order valence-electron chi connectivity index (χ0n) is 18.1. The number of esters is 1. The zero-order chi connectivity index (χ0) is 20.7. The summed E-state index contributed by atoms with van der Waals surface area (Å²) < 4.78 is 10.9. The molecule has 1 aliphatic rings. The van der Waals surface area contributed by atoms with Crippen LogP contribution in [-0.4, -0.2) is 24.5 Å². The van der Waals surface area contributed by atoms with Crippen molar-refractivity contribution in [3.63, 3.8) is 0 Å². The van der Waals surface area contributed by atoms with Crippen molar-refractivity contribution in [1.82, 2.24) is 0 Å². The molecule has 4 heteroatoms. The maximum absolute atomic E-state index is 13.2. The van der Waals surface area contributed by atoms with E-state index in [9.17, 15) is 9.59 Å². The van der Waals surface area contributed by atoms with E-state index in [1.807, 2.05) is 45.0 Å². The van der Waals surface area contributed by atoms with Crippen molar-refractivity contribution in [3.8, 4) is 5.75 Å². The molecule has 0 radical (unpaired) electrons. The summed E-state index contributed by atoms with van der Waals surface area (Å²) in [5.41, 5.74) is 0.127. The van der Waals surface area contributed by atoms with Crippen LogP contribution in [0.15, 0.2) is 24.3 Å². The molecule has 1 aliphatic carbocycles. The molecule has 2 rings (SSSR count). The van der Waals surface area contributed by atoms with E-state index in [2.05, 4.69) is 6.92 Å². The molecule has 0 aromatic heterocycles. The molecular formula is C24H36O4. The van der Waals surface area contributed by atoms with E-state index in [-0.39, 0.29) is 29.5 Å². The highest BCUT2D eigenvalue weighted by Gasteiger charge is 2.55. The van der Waals surface area contributed by atoms with Gasteiger partial charge >= 0.3 is 5.97 Å². The molecule has 28 heavy (non-hydrogen) atoms. The van der Waals surface area contributed by atoms with Crippen LogP contribution >= 0.6 is 0 Å². The van der Waals surface area contributed by atoms with Crippen LogP contribution in [0.25, 0.3) is 0 Å². The molecular weight excluding hydrogens is 352 g/mol. The first kappa shape index (κ1) is 22.4. The molecule has 0 spiro atoms. The van der Waals surface area contributed by atoms with Gasteiger partial charge in [0.05, 0.1) is 12.7 Å². The molecule has 1 aromatic rings. The fraction of sp³-hybridized carbons (Fsp3) is 0.667. The van der Waals surface area contributed by atoms with Crippen molar-refractivity contribution in [3.05, 3.63) is 29.8 Å². The Hall–Kier alpha value is -1.84. The molecule has 1 aromatic carbocycles. The lowest BCUT2D eigenvalue weighted by Crippen LogP contribution is -2.24. The molecule has 0 heterocycles. The van der Waals surface area contributed by atoms with Crippen LogP contribution in [0, 0.1) is 17.8 Å². The number of unbranched alkanes of at least 4 members (excludes halogenated alkanes) is 4. The number of para-hydroxylation sites is 1. The topological polar surface area (TPSA) is 52.6 Å². The first-order valence-electron chi connectivity index (χ1n) is 10.7. The zero-order valence-corrected chi connectivity index (χ0v) is 18.1. The number of ether oxygens (including phenoxy) is 2. The molecule has 0 aliphatic heterocycles. The van der Waals surface area contributed by atoms with E-state index in [4.69, 9.17) is 9.47 Å². The highest BCUT2D eigenvalue weighted by molar-refractivity contribution is 6.02. The van der Waals surface area contributed by atoms with Gasteiger partial charge in [0.2, 0.25) is 0 Å². The average Bonchev–Trinajstić information content (AvgIpc) is 3.31. The standard InChI is InChI=1S/C24H36O4/c1-6-7-8-9-10-13-17-19(16-21(25)28-24(2,3)4)22(17)23(26)18-14-11-12-15-20(18)27-5/h11-12,14-15,17,19,22H,6-10,13,16H2,1-5H3/t17-,19+,22-/m1/s1. The van der Waals surface area contributed by atoms with Gasteiger partial charge in [-0.2, -0.15) is 0 Å². The molecule has 0 amide bonds. The Kier molecular flexibility index (Phi) is 8.09. The minimum absolute atomic E-state index is 0.0819. The van der Waals surface area contributed by atoms with Gasteiger partial charge in [-0.15, -0.1) is 0 Å². The van der Waals surface area contributed by atoms with Gasteiger partial charge in [0.1, 0.15) is 11.4 Å². The Morgan fingerprint density at radius 1 is 1.00 bits per heavy atom. The summed E-state index contributed by atoms with van der Waals surface area (Å²) in [5.74, 6) is 0.755. The summed E-state index contributed by atoms with van der Waals surface area (Å²) in [5, 5.41) is 0. The van der Waals surface area contributed by atoms with Gasteiger partial charge in [0.25, 0.3) is 0 Å². The van der Waals surface area contributed by atoms with Gasteiger partial charge < -0.3 is 9.47 Å². The molecule has 0 unspecified atom stereocenters. The van der Waals surface area contributed by atoms with Gasteiger partial charge in [-0.1, -0.05) is 51.2 Å². The predicted octanol–water partition coefficient (Wildman–Crippen LogP) is 5.83. The van der Waals surface area contributed by atoms with Crippen molar-refractivity contribution in [2.75, 3.05) is 7.11 Å². The third-order valence-corrected chi connectivity index (χ3v) is 5.47. The van der Waals surface area contributed by atoms with E-state index in [1.54, 1.807) is 7.11 Å². The summed E-state index contributed by atoms with van der Waals surface area (Å²) in [4.78, 5) is 25.5. The average molecular weight is 389 g/mol. The first-order valence-corrected chi connectivity index (χ1v) is 10.7. The van der Waals surface area contributed by atoms with Gasteiger partial charge in [0.15, 0.2) is 5.78 Å². The van der Waals surface area contributed by atoms with Crippen molar-refractivity contribution < 1.29 is 19.1 Å². The number of methoxy groups -OCH3 is 1. The SMILES string of the molecule is CCCCCCC[C@@H]1[C@H](CC(=O)OC(C)(C)C)[C@@H]1C(=O)c1ccccc1OC. The number of ketones is 1. The monoisotopic (exact) mass is 388 g/mol. The fourth-order valence-electron chi connectivity index (χ4n) is 4.09. The van der Waals surface area contributed by atoms with Crippen LogP contribution in [0.1, 0.15) is 83.0 Å². The number of carbonyl (C=O) groups excluding carboxylic acids is 2. The van der Waals surface area contributed by atoms with E-state index >= 15 is 0 Å². The van der Waals surface area contributed by atoms with Crippen molar-refractivity contribution in [1.29, 1.82) is 0 Å².